The van der Waals surface area contributed by atoms with Crippen molar-refractivity contribution in [1.82, 2.24) is 40.3 Å². The number of benzene rings is 3. The number of aromatic nitrogens is 5. The van der Waals surface area contributed by atoms with Gasteiger partial charge in [0, 0.05) is 25.6 Å². The molecule has 0 radical (unpaired) electrons. The molecule has 5 aromatic rings. The molecule has 378 valence electrons. The quantitative estimate of drug-likeness (QED) is 0.0451. The fraction of sp³-hybridized carbons (Fsp3) is 0.378. The number of carbonyl (C=O) groups is 5. The minimum Gasteiger partial charge on any atom is -0.506 e. The number of amides is 5. The lowest BCUT2D eigenvalue weighted by molar-refractivity contribution is -0.141. The van der Waals surface area contributed by atoms with Gasteiger partial charge in [-0.15, -0.1) is 5.10 Å². The molecule has 1 unspecified atom stereocenters. The van der Waals surface area contributed by atoms with Gasteiger partial charge in [-0.1, -0.05) is 28.9 Å². The van der Waals surface area contributed by atoms with Crippen LogP contribution in [0.15, 0.2) is 60.8 Å². The summed E-state index contributed by atoms with van der Waals surface area (Å²) in [5.74, 6) is -3.63. The topological polar surface area (TPSA) is 228 Å². The number of aryl methyl sites for hydroxylation is 1. The van der Waals surface area contributed by atoms with Crippen molar-refractivity contribution in [1.29, 1.82) is 0 Å². The Bertz CT molecular complexity index is 2800. The maximum atomic E-state index is 13.8. The van der Waals surface area contributed by atoms with Gasteiger partial charge in [0.05, 0.1) is 85.4 Å². The van der Waals surface area contributed by atoms with Gasteiger partial charge in [-0.05, 0) is 60.9 Å². The number of hydrogen-bond acceptors (Lipinski definition) is 14. The molecule has 4 heterocycles. The van der Waals surface area contributed by atoms with E-state index in [1.54, 1.807) is 12.3 Å². The number of nitrogens with zero attached hydrogens (tertiary/aromatic N) is 6. The van der Waals surface area contributed by atoms with E-state index < -0.39 is 70.0 Å². The standard InChI is InChI=1S/C45H43ClF6N8O11/c1-58-32(21-35(56-58)45(50,51)52)27-7-10-34(38(40(27)63)25-6-8-30(46)29(20-25)44(47,48)49)70-14-3-12-53-37(62)24-69-19-18-68-17-16-67-15-13-59-22-26(55-57-59)23-71-33-5-2-4-28-39(33)43(66)60(42(28)65)31-9-11-36(61)54-41(31)64/h2,4-8,10,20-22,31,63H,3,9,11-19,23-24H2,1H3,(H,53,62)(H,54,61,64). The molecule has 1 saturated heterocycles. The normalized spacial score (nSPS) is 15.0. The maximum Gasteiger partial charge on any atom is 0.435 e. The molecule has 0 aliphatic carbocycles. The van der Waals surface area contributed by atoms with Crippen molar-refractivity contribution in [3.05, 3.63) is 93.9 Å². The van der Waals surface area contributed by atoms with E-state index in [9.17, 15) is 55.4 Å². The predicted octanol–water partition coefficient (Wildman–Crippen LogP) is 5.36. The summed E-state index contributed by atoms with van der Waals surface area (Å²) in [6, 6.07) is 9.52. The second-order valence-corrected chi connectivity index (χ2v) is 16.2. The Kier molecular flexibility index (Phi) is 16.3. The van der Waals surface area contributed by atoms with Crippen LogP contribution in [-0.2, 0) is 61.1 Å². The first-order valence-electron chi connectivity index (χ1n) is 21.7. The number of fused-ring (bicyclic) bond motifs is 1. The molecule has 5 amide bonds. The van der Waals surface area contributed by atoms with Crippen LogP contribution in [0.4, 0.5) is 26.3 Å². The molecule has 7 rings (SSSR count). The number of imide groups is 2. The molecule has 1 atom stereocenters. The SMILES string of the molecule is Cn1nc(C(F)(F)F)cc1-c1ccc(OCCCNC(=O)COCCOCCOCCn2cc(COc3cccc4c3C(=O)N(C3CCC(=O)NC3=O)C4=O)nn2)c(-c2ccc(Cl)c(C(F)(F)F)c2)c1O. The van der Waals surface area contributed by atoms with Crippen LogP contribution >= 0.6 is 11.6 Å². The predicted molar refractivity (Wildman–Crippen MR) is 234 cm³/mol. The van der Waals surface area contributed by atoms with Gasteiger partial charge in [-0.3, -0.25) is 38.9 Å². The zero-order chi connectivity index (χ0) is 51.0. The fourth-order valence-electron chi connectivity index (χ4n) is 7.50. The van der Waals surface area contributed by atoms with Crippen molar-refractivity contribution in [2.45, 2.75) is 50.8 Å². The van der Waals surface area contributed by atoms with Gasteiger partial charge in [0.25, 0.3) is 11.8 Å². The summed E-state index contributed by atoms with van der Waals surface area (Å²) in [5.41, 5.74) is -2.68. The van der Waals surface area contributed by atoms with Crippen LogP contribution in [0.2, 0.25) is 5.02 Å². The Morgan fingerprint density at radius 2 is 1.59 bits per heavy atom. The monoisotopic (exact) mass is 1020 g/mol. The lowest BCUT2D eigenvalue weighted by atomic mass is 9.97. The number of phenolic OH excluding ortho intramolecular Hbond substituents is 1. The molecule has 2 aliphatic rings. The van der Waals surface area contributed by atoms with Crippen LogP contribution in [0, 0.1) is 0 Å². The number of alkyl halides is 6. The lowest BCUT2D eigenvalue weighted by Crippen LogP contribution is -2.54. The van der Waals surface area contributed by atoms with E-state index in [4.69, 9.17) is 35.3 Å². The Morgan fingerprint density at radius 1 is 0.859 bits per heavy atom. The number of rotatable bonds is 22. The molecule has 3 aromatic carbocycles. The summed E-state index contributed by atoms with van der Waals surface area (Å²) in [5, 5.41) is 27.1. The smallest absolute Gasteiger partial charge is 0.435 e. The van der Waals surface area contributed by atoms with Crippen LogP contribution < -0.4 is 20.1 Å². The first-order chi connectivity index (χ1) is 33.8. The minimum atomic E-state index is -4.87. The Labute approximate surface area is 403 Å². The molecular weight excluding hydrogens is 978 g/mol. The van der Waals surface area contributed by atoms with Crippen molar-refractivity contribution in [2.75, 3.05) is 52.8 Å². The summed E-state index contributed by atoms with van der Waals surface area (Å²) in [4.78, 5) is 63.5. The van der Waals surface area contributed by atoms with E-state index in [1.807, 2.05) is 0 Å². The van der Waals surface area contributed by atoms with E-state index in [0.717, 1.165) is 15.6 Å². The number of piperidine rings is 1. The summed E-state index contributed by atoms with van der Waals surface area (Å²) in [6.45, 7) is 0.943. The molecule has 3 N–H and O–H groups in total. The van der Waals surface area contributed by atoms with Crippen LogP contribution in [0.1, 0.15) is 56.9 Å². The number of nitrogens with one attached hydrogen (secondary N) is 2. The summed E-state index contributed by atoms with van der Waals surface area (Å²) in [7, 11) is 1.21. The van der Waals surface area contributed by atoms with Crippen molar-refractivity contribution in [3.8, 4) is 39.6 Å². The number of phenols is 1. The van der Waals surface area contributed by atoms with Crippen LogP contribution in [-0.4, -0.2) is 123 Å². The molecule has 71 heavy (non-hydrogen) atoms. The molecule has 0 saturated carbocycles. The highest BCUT2D eigenvalue weighted by Gasteiger charge is 2.46. The van der Waals surface area contributed by atoms with Crippen LogP contribution in [0.3, 0.4) is 0 Å². The average Bonchev–Trinajstić information content (AvgIpc) is 4.01. The van der Waals surface area contributed by atoms with Gasteiger partial charge in [0.1, 0.15) is 42.2 Å². The Morgan fingerprint density at radius 3 is 2.31 bits per heavy atom. The molecule has 1 fully saturated rings. The van der Waals surface area contributed by atoms with Crippen molar-refractivity contribution in [3.63, 3.8) is 0 Å². The van der Waals surface area contributed by atoms with Gasteiger partial charge in [0.15, 0.2) is 5.69 Å². The van der Waals surface area contributed by atoms with E-state index >= 15 is 0 Å². The molecular formula is C45H43ClF6N8O11. The molecule has 19 nitrogen and oxygen atoms in total. The van der Waals surface area contributed by atoms with Crippen LogP contribution in [0.5, 0.6) is 17.2 Å². The summed E-state index contributed by atoms with van der Waals surface area (Å²) in [6.07, 6.45) is -7.83. The van der Waals surface area contributed by atoms with E-state index in [1.165, 1.54) is 42.1 Å². The largest absolute Gasteiger partial charge is 0.506 e. The third-order valence-electron chi connectivity index (χ3n) is 10.9. The van der Waals surface area contributed by atoms with E-state index in [0.29, 0.717) is 24.4 Å². The zero-order valence-corrected chi connectivity index (χ0v) is 38.2. The number of aromatic hydroxyl groups is 1. The molecule has 2 aliphatic heterocycles. The van der Waals surface area contributed by atoms with Gasteiger partial charge >= 0.3 is 12.4 Å². The lowest BCUT2D eigenvalue weighted by Gasteiger charge is -2.27. The summed E-state index contributed by atoms with van der Waals surface area (Å²) < 4.78 is 112. The fourth-order valence-corrected chi connectivity index (χ4v) is 7.72. The first-order valence-corrected chi connectivity index (χ1v) is 22.0. The Hall–Kier alpha value is -7.09. The van der Waals surface area contributed by atoms with Gasteiger partial charge < -0.3 is 34.1 Å². The molecule has 0 bridgehead atoms. The second-order valence-electron chi connectivity index (χ2n) is 15.8. The Balaban J connectivity index is 0.774. The van der Waals surface area contributed by atoms with Crippen LogP contribution in [0.25, 0.3) is 22.4 Å². The number of hydrogen-bond donors (Lipinski definition) is 3. The zero-order valence-electron chi connectivity index (χ0n) is 37.4. The first kappa shape index (κ1) is 51.8. The highest BCUT2D eigenvalue weighted by Crippen LogP contribution is 2.47. The average molecular weight is 1020 g/mol. The van der Waals surface area contributed by atoms with Gasteiger partial charge in [0.2, 0.25) is 17.7 Å². The second kappa shape index (κ2) is 22.3. The number of carbonyl (C=O) groups excluding carboxylic acids is 5. The number of halogens is 7. The van der Waals surface area contributed by atoms with Crippen molar-refractivity contribution >= 4 is 41.1 Å². The molecule has 2 aromatic heterocycles. The third kappa shape index (κ3) is 12.5. The maximum absolute atomic E-state index is 13.8. The van der Waals surface area contributed by atoms with Gasteiger partial charge in [-0.25, -0.2) is 4.68 Å². The van der Waals surface area contributed by atoms with E-state index in [2.05, 4.69) is 26.0 Å². The molecule has 0 spiro atoms. The van der Waals surface area contributed by atoms with Crippen molar-refractivity contribution < 1.29 is 79.1 Å². The highest BCUT2D eigenvalue weighted by molar-refractivity contribution is 6.31. The van der Waals surface area contributed by atoms with Gasteiger partial charge in [-0.2, -0.15) is 31.4 Å². The summed E-state index contributed by atoms with van der Waals surface area (Å²) >= 11 is 5.81. The molecule has 26 heteroatoms. The highest BCUT2D eigenvalue weighted by atomic mass is 35.5. The number of ether oxygens (including phenoxy) is 5. The van der Waals surface area contributed by atoms with E-state index in [-0.39, 0.29) is 124 Å². The minimum absolute atomic E-state index is 0.00427. The van der Waals surface area contributed by atoms with Crippen molar-refractivity contribution in [2.24, 2.45) is 7.05 Å². The third-order valence-corrected chi connectivity index (χ3v) is 11.2.